The van der Waals surface area contributed by atoms with E-state index in [1.807, 2.05) is 12.3 Å². The molecule has 1 aromatic heterocycles. The number of halogens is 2. The summed E-state index contributed by atoms with van der Waals surface area (Å²) in [5.41, 5.74) is 1.87. The molecule has 2 nitrogen and oxygen atoms in total. The predicted octanol–water partition coefficient (Wildman–Crippen LogP) is 4.03. The average Bonchev–Trinajstić information content (AvgIpc) is 2.50. The first kappa shape index (κ1) is 15.9. The van der Waals surface area contributed by atoms with Crippen molar-refractivity contribution >= 4 is 11.6 Å². The van der Waals surface area contributed by atoms with Crippen LogP contribution in [0.2, 0.25) is 5.02 Å². The molecule has 0 radical (unpaired) electrons. The second kappa shape index (κ2) is 8.11. The number of nitrogens with zero attached hydrogens (tertiary/aromatic N) is 1. The third-order valence-corrected chi connectivity index (χ3v) is 3.71. The van der Waals surface area contributed by atoms with Crippen molar-refractivity contribution in [2.45, 2.75) is 32.2 Å². The monoisotopic (exact) mass is 306 g/mol. The fourth-order valence-corrected chi connectivity index (χ4v) is 2.61. The van der Waals surface area contributed by atoms with E-state index in [0.717, 1.165) is 19.4 Å². The van der Waals surface area contributed by atoms with Crippen LogP contribution in [0.4, 0.5) is 4.39 Å². The van der Waals surface area contributed by atoms with Crippen LogP contribution in [0.1, 0.15) is 24.5 Å². The number of likely N-dealkylation sites (N-methyl/N-ethyl adjacent to an activating group) is 1. The van der Waals surface area contributed by atoms with Gasteiger partial charge in [-0.1, -0.05) is 24.6 Å². The van der Waals surface area contributed by atoms with E-state index in [1.54, 1.807) is 18.3 Å². The highest BCUT2D eigenvalue weighted by molar-refractivity contribution is 6.30. The number of rotatable bonds is 7. The van der Waals surface area contributed by atoms with Crippen LogP contribution in [0, 0.1) is 5.82 Å². The summed E-state index contributed by atoms with van der Waals surface area (Å²) in [6, 6.07) is 8.96. The average molecular weight is 307 g/mol. The lowest BCUT2D eigenvalue weighted by Gasteiger charge is -2.18. The van der Waals surface area contributed by atoms with E-state index in [0.29, 0.717) is 17.0 Å². The lowest BCUT2D eigenvalue weighted by Crippen LogP contribution is -2.31. The van der Waals surface area contributed by atoms with Gasteiger partial charge < -0.3 is 5.32 Å². The molecule has 2 aromatic rings. The quantitative estimate of drug-likeness (QED) is 0.835. The number of aromatic nitrogens is 1. The van der Waals surface area contributed by atoms with Gasteiger partial charge >= 0.3 is 0 Å². The van der Waals surface area contributed by atoms with Gasteiger partial charge in [-0.15, -0.1) is 0 Å². The molecule has 0 aliphatic carbocycles. The molecule has 0 saturated carbocycles. The van der Waals surface area contributed by atoms with Crippen molar-refractivity contribution in [2.24, 2.45) is 0 Å². The van der Waals surface area contributed by atoms with Crippen molar-refractivity contribution in [1.29, 1.82) is 0 Å². The van der Waals surface area contributed by atoms with Crippen molar-refractivity contribution in [3.63, 3.8) is 0 Å². The zero-order chi connectivity index (χ0) is 15.1. The molecule has 1 N–H and O–H groups in total. The first-order chi connectivity index (χ1) is 10.2. The molecule has 112 valence electrons. The van der Waals surface area contributed by atoms with Gasteiger partial charge in [-0.05, 0) is 61.2 Å². The highest BCUT2D eigenvalue weighted by Crippen LogP contribution is 2.18. The molecule has 2 rings (SSSR count). The first-order valence-corrected chi connectivity index (χ1v) is 7.63. The Morgan fingerprint density at radius 2 is 2.19 bits per heavy atom. The molecule has 1 unspecified atom stereocenters. The van der Waals surface area contributed by atoms with Gasteiger partial charge in [-0.25, -0.2) is 4.39 Å². The number of hydrogen-bond acceptors (Lipinski definition) is 2. The maximum absolute atomic E-state index is 13.8. The fourth-order valence-electron chi connectivity index (χ4n) is 2.42. The van der Waals surface area contributed by atoms with E-state index >= 15 is 0 Å². The van der Waals surface area contributed by atoms with Crippen LogP contribution in [0.25, 0.3) is 0 Å². The summed E-state index contributed by atoms with van der Waals surface area (Å²) in [5, 5.41) is 4.00. The number of benzene rings is 1. The highest BCUT2D eigenvalue weighted by Gasteiger charge is 2.12. The van der Waals surface area contributed by atoms with Gasteiger partial charge in [0, 0.05) is 23.5 Å². The minimum absolute atomic E-state index is 0.191. The zero-order valence-corrected chi connectivity index (χ0v) is 12.9. The Bertz CT molecular complexity index is 560. The summed E-state index contributed by atoms with van der Waals surface area (Å²) in [7, 11) is 0. The largest absolute Gasteiger partial charge is 0.314 e. The van der Waals surface area contributed by atoms with Crippen molar-refractivity contribution < 1.29 is 4.39 Å². The summed E-state index contributed by atoms with van der Waals surface area (Å²) in [6.07, 6.45) is 6.15. The zero-order valence-electron chi connectivity index (χ0n) is 12.2. The summed E-state index contributed by atoms with van der Waals surface area (Å²) in [4.78, 5) is 4.12. The number of pyridine rings is 1. The maximum Gasteiger partial charge on any atom is 0.126 e. The Kier molecular flexibility index (Phi) is 6.15. The van der Waals surface area contributed by atoms with Crippen LogP contribution in [-0.4, -0.2) is 17.6 Å². The smallest absolute Gasteiger partial charge is 0.126 e. The third kappa shape index (κ3) is 5.10. The van der Waals surface area contributed by atoms with Gasteiger partial charge in [0.2, 0.25) is 0 Å². The second-order valence-corrected chi connectivity index (χ2v) is 5.53. The molecule has 0 saturated heterocycles. The number of hydrogen-bond donors (Lipinski definition) is 1. The van der Waals surface area contributed by atoms with E-state index in [2.05, 4.69) is 23.3 Å². The maximum atomic E-state index is 13.8. The van der Waals surface area contributed by atoms with Crippen LogP contribution in [-0.2, 0) is 12.8 Å². The number of aryl methyl sites for hydroxylation is 1. The van der Waals surface area contributed by atoms with E-state index in [4.69, 9.17) is 11.6 Å². The van der Waals surface area contributed by atoms with Gasteiger partial charge in [0.05, 0.1) is 0 Å². The lowest BCUT2D eigenvalue weighted by atomic mass is 9.99. The molecule has 1 atom stereocenters. The Labute approximate surface area is 130 Å². The van der Waals surface area contributed by atoms with Crippen LogP contribution in [0.15, 0.2) is 42.7 Å². The Morgan fingerprint density at radius 1 is 1.33 bits per heavy atom. The van der Waals surface area contributed by atoms with Crippen LogP contribution in [0.5, 0.6) is 0 Å². The predicted molar refractivity (Wildman–Crippen MR) is 85.1 cm³/mol. The van der Waals surface area contributed by atoms with E-state index in [1.165, 1.54) is 11.6 Å². The number of nitrogens with one attached hydrogen (secondary N) is 1. The molecule has 1 heterocycles. The molecule has 0 amide bonds. The van der Waals surface area contributed by atoms with Gasteiger partial charge in [0.25, 0.3) is 0 Å². The molecule has 4 heteroatoms. The Morgan fingerprint density at radius 3 is 2.90 bits per heavy atom. The molecular formula is C17H20ClFN2. The highest BCUT2D eigenvalue weighted by atomic mass is 35.5. The first-order valence-electron chi connectivity index (χ1n) is 7.25. The summed E-state index contributed by atoms with van der Waals surface area (Å²) < 4.78 is 13.8. The molecule has 21 heavy (non-hydrogen) atoms. The lowest BCUT2D eigenvalue weighted by molar-refractivity contribution is 0.479. The van der Waals surface area contributed by atoms with Crippen molar-refractivity contribution in [2.75, 3.05) is 6.54 Å². The molecule has 0 aliphatic heterocycles. The molecule has 0 aliphatic rings. The normalized spacial score (nSPS) is 12.3. The van der Waals surface area contributed by atoms with Gasteiger partial charge in [0.15, 0.2) is 0 Å². The van der Waals surface area contributed by atoms with E-state index in [9.17, 15) is 4.39 Å². The van der Waals surface area contributed by atoms with Crippen LogP contribution < -0.4 is 5.32 Å². The molecule has 0 spiro atoms. The summed E-state index contributed by atoms with van der Waals surface area (Å²) in [5.74, 6) is -0.191. The van der Waals surface area contributed by atoms with Crippen LogP contribution in [0.3, 0.4) is 0 Å². The SMILES string of the molecule is CCNC(CCc1cccnc1)Cc1cc(Cl)ccc1F. The standard InChI is InChI=1S/C17H20ClFN2/c1-2-21-16(7-5-13-4-3-9-20-12-13)11-14-10-15(18)6-8-17(14)19/h3-4,6,8-10,12,16,21H,2,5,7,11H2,1H3. The van der Waals surface area contributed by atoms with Crippen molar-refractivity contribution in [1.82, 2.24) is 10.3 Å². The minimum atomic E-state index is -0.191. The Hall–Kier alpha value is -1.45. The molecule has 1 aromatic carbocycles. The van der Waals surface area contributed by atoms with E-state index in [-0.39, 0.29) is 11.9 Å². The summed E-state index contributed by atoms with van der Waals surface area (Å²) in [6.45, 7) is 2.92. The fraction of sp³-hybridized carbons (Fsp3) is 0.353. The van der Waals surface area contributed by atoms with Crippen molar-refractivity contribution in [3.05, 3.63) is 64.7 Å². The van der Waals surface area contributed by atoms with Gasteiger partial charge in [0.1, 0.15) is 5.82 Å². The Balaban J connectivity index is 2.00. The molecule has 0 fully saturated rings. The van der Waals surface area contributed by atoms with E-state index < -0.39 is 0 Å². The molecular weight excluding hydrogens is 287 g/mol. The third-order valence-electron chi connectivity index (χ3n) is 3.47. The van der Waals surface area contributed by atoms with Crippen molar-refractivity contribution in [3.8, 4) is 0 Å². The topological polar surface area (TPSA) is 24.9 Å². The summed E-state index contributed by atoms with van der Waals surface area (Å²) >= 11 is 5.95. The minimum Gasteiger partial charge on any atom is -0.314 e. The molecule has 0 bridgehead atoms. The second-order valence-electron chi connectivity index (χ2n) is 5.09. The van der Waals surface area contributed by atoms with Gasteiger partial charge in [-0.3, -0.25) is 4.98 Å². The van der Waals surface area contributed by atoms with Gasteiger partial charge in [-0.2, -0.15) is 0 Å². The van der Waals surface area contributed by atoms with Crippen LogP contribution >= 0.6 is 11.6 Å².